The van der Waals surface area contributed by atoms with Crippen LogP contribution in [0.15, 0.2) is 24.3 Å². The van der Waals surface area contributed by atoms with Gasteiger partial charge in [0.1, 0.15) is 24.4 Å². The Balaban J connectivity index is 2.73. The molecule has 1 rings (SSSR count). The molecule has 0 bridgehead atoms. The van der Waals surface area contributed by atoms with Crippen molar-refractivity contribution in [2.75, 3.05) is 13.2 Å². The molecular formula is C20H30N4O7. The number of carbonyl (C=O) groups is 4. The number of amides is 3. The standard InChI is InChI=1S/C20H30N4O7/c1-11(2)7-15(19(30)22-9-17(27)28)23-20(31)16(10-25)24-18(29)14(21)8-12-3-5-13(26)6-4-12/h3-6,11,14-16,25-26H,7-10,21H2,1-2H3,(H,22,30)(H,23,31)(H,24,29)(H,27,28). The summed E-state index contributed by atoms with van der Waals surface area (Å²) in [6.45, 7) is 2.30. The van der Waals surface area contributed by atoms with Crippen LogP contribution in [0.25, 0.3) is 0 Å². The van der Waals surface area contributed by atoms with Crippen molar-refractivity contribution < 1.29 is 34.5 Å². The fourth-order valence-electron chi connectivity index (χ4n) is 2.71. The second-order valence-corrected chi connectivity index (χ2v) is 7.52. The Bertz CT molecular complexity index is 767. The number of nitrogens with two attached hydrogens (primary N) is 1. The van der Waals surface area contributed by atoms with Crippen LogP contribution in [-0.4, -0.2) is 70.3 Å². The van der Waals surface area contributed by atoms with Gasteiger partial charge in [0, 0.05) is 0 Å². The second kappa shape index (κ2) is 12.5. The van der Waals surface area contributed by atoms with Crippen LogP contribution >= 0.6 is 0 Å². The molecule has 8 N–H and O–H groups in total. The summed E-state index contributed by atoms with van der Waals surface area (Å²) in [7, 11) is 0. The molecule has 0 aromatic heterocycles. The molecule has 0 fully saturated rings. The smallest absolute Gasteiger partial charge is 0.322 e. The Morgan fingerprint density at radius 2 is 1.55 bits per heavy atom. The molecule has 0 radical (unpaired) electrons. The summed E-state index contributed by atoms with van der Waals surface area (Å²) in [5, 5.41) is 34.5. The van der Waals surface area contributed by atoms with Crippen molar-refractivity contribution in [3.05, 3.63) is 29.8 Å². The molecule has 0 aliphatic rings. The quantitative estimate of drug-likeness (QED) is 0.204. The highest BCUT2D eigenvalue weighted by molar-refractivity contribution is 5.93. The number of aliphatic hydroxyl groups is 1. The van der Waals surface area contributed by atoms with Gasteiger partial charge < -0.3 is 37.0 Å². The number of benzene rings is 1. The van der Waals surface area contributed by atoms with Gasteiger partial charge in [-0.15, -0.1) is 0 Å². The average molecular weight is 438 g/mol. The van der Waals surface area contributed by atoms with Gasteiger partial charge >= 0.3 is 5.97 Å². The molecule has 0 heterocycles. The van der Waals surface area contributed by atoms with Crippen molar-refractivity contribution in [3.63, 3.8) is 0 Å². The van der Waals surface area contributed by atoms with E-state index in [2.05, 4.69) is 16.0 Å². The minimum Gasteiger partial charge on any atom is -0.508 e. The van der Waals surface area contributed by atoms with Crippen LogP contribution in [0.2, 0.25) is 0 Å². The molecule has 3 atom stereocenters. The third-order valence-electron chi connectivity index (χ3n) is 4.30. The maximum atomic E-state index is 12.5. The first kappa shape index (κ1) is 25.9. The topological polar surface area (TPSA) is 191 Å². The second-order valence-electron chi connectivity index (χ2n) is 7.52. The summed E-state index contributed by atoms with van der Waals surface area (Å²) in [6.07, 6.45) is 0.364. The third-order valence-corrected chi connectivity index (χ3v) is 4.30. The fraction of sp³-hybridized carbons (Fsp3) is 0.500. The van der Waals surface area contributed by atoms with E-state index in [-0.39, 0.29) is 24.5 Å². The lowest BCUT2D eigenvalue weighted by molar-refractivity contribution is -0.138. The van der Waals surface area contributed by atoms with Gasteiger partial charge in [-0.1, -0.05) is 26.0 Å². The Morgan fingerprint density at radius 3 is 2.06 bits per heavy atom. The van der Waals surface area contributed by atoms with Gasteiger partial charge in [-0.25, -0.2) is 0 Å². The number of phenols is 1. The number of hydrogen-bond donors (Lipinski definition) is 7. The number of carboxylic acid groups (broad SMARTS) is 1. The lowest BCUT2D eigenvalue weighted by Crippen LogP contribution is -2.57. The van der Waals surface area contributed by atoms with E-state index in [1.807, 2.05) is 13.8 Å². The Kier molecular flexibility index (Phi) is 10.4. The normalized spacial score (nSPS) is 13.7. The summed E-state index contributed by atoms with van der Waals surface area (Å²) < 4.78 is 0. The van der Waals surface area contributed by atoms with Crippen LogP contribution in [0.4, 0.5) is 0 Å². The number of aliphatic carboxylic acids is 1. The van der Waals surface area contributed by atoms with Gasteiger partial charge in [-0.2, -0.15) is 0 Å². The predicted octanol–water partition coefficient (Wildman–Crippen LogP) is -1.53. The van der Waals surface area contributed by atoms with Crippen LogP contribution in [0.3, 0.4) is 0 Å². The lowest BCUT2D eigenvalue weighted by atomic mass is 10.0. The molecule has 11 nitrogen and oxygen atoms in total. The number of rotatable bonds is 12. The molecule has 1 aromatic rings. The molecule has 0 aliphatic carbocycles. The van der Waals surface area contributed by atoms with E-state index in [1.54, 1.807) is 12.1 Å². The highest BCUT2D eigenvalue weighted by Crippen LogP contribution is 2.11. The van der Waals surface area contributed by atoms with E-state index < -0.39 is 55.0 Å². The lowest BCUT2D eigenvalue weighted by Gasteiger charge is -2.24. The van der Waals surface area contributed by atoms with Gasteiger partial charge in [0.15, 0.2) is 0 Å². The Labute approximate surface area is 180 Å². The summed E-state index contributed by atoms with van der Waals surface area (Å²) in [4.78, 5) is 47.7. The Morgan fingerprint density at radius 1 is 0.968 bits per heavy atom. The molecule has 3 amide bonds. The van der Waals surface area contributed by atoms with Crippen LogP contribution in [0.1, 0.15) is 25.8 Å². The van der Waals surface area contributed by atoms with E-state index in [9.17, 15) is 29.4 Å². The summed E-state index contributed by atoms with van der Waals surface area (Å²) in [5.41, 5.74) is 6.56. The van der Waals surface area contributed by atoms with E-state index in [0.717, 1.165) is 0 Å². The van der Waals surface area contributed by atoms with Gasteiger partial charge in [0.05, 0.1) is 12.6 Å². The number of aromatic hydroxyl groups is 1. The van der Waals surface area contributed by atoms with Crippen LogP contribution < -0.4 is 21.7 Å². The predicted molar refractivity (Wildman–Crippen MR) is 111 cm³/mol. The van der Waals surface area contributed by atoms with Gasteiger partial charge in [-0.05, 0) is 36.5 Å². The van der Waals surface area contributed by atoms with E-state index in [4.69, 9.17) is 10.8 Å². The zero-order valence-electron chi connectivity index (χ0n) is 17.5. The molecule has 31 heavy (non-hydrogen) atoms. The van der Waals surface area contributed by atoms with Gasteiger partial charge in [-0.3, -0.25) is 19.2 Å². The zero-order valence-corrected chi connectivity index (χ0v) is 17.5. The number of aliphatic hydroxyl groups excluding tert-OH is 1. The number of carboxylic acids is 1. The first-order valence-electron chi connectivity index (χ1n) is 9.78. The van der Waals surface area contributed by atoms with Crippen molar-refractivity contribution in [2.24, 2.45) is 11.7 Å². The summed E-state index contributed by atoms with van der Waals surface area (Å²) in [6, 6.07) is 2.71. The largest absolute Gasteiger partial charge is 0.508 e. The van der Waals surface area contributed by atoms with Gasteiger partial charge in [0.2, 0.25) is 17.7 Å². The van der Waals surface area contributed by atoms with Gasteiger partial charge in [0.25, 0.3) is 0 Å². The maximum absolute atomic E-state index is 12.5. The van der Waals surface area contributed by atoms with Crippen molar-refractivity contribution in [2.45, 2.75) is 44.8 Å². The molecule has 172 valence electrons. The van der Waals surface area contributed by atoms with Crippen molar-refractivity contribution >= 4 is 23.7 Å². The highest BCUT2D eigenvalue weighted by Gasteiger charge is 2.28. The van der Waals surface area contributed by atoms with Crippen LogP contribution in [0.5, 0.6) is 5.75 Å². The molecule has 0 spiro atoms. The molecule has 0 saturated heterocycles. The van der Waals surface area contributed by atoms with Crippen molar-refractivity contribution in [3.8, 4) is 5.75 Å². The zero-order chi connectivity index (χ0) is 23.6. The summed E-state index contributed by atoms with van der Waals surface area (Å²) in [5.74, 6) is -3.33. The third kappa shape index (κ3) is 9.45. The van der Waals surface area contributed by atoms with E-state index >= 15 is 0 Å². The Hall–Kier alpha value is -3.18. The molecule has 0 saturated carbocycles. The van der Waals surface area contributed by atoms with E-state index in [0.29, 0.717) is 5.56 Å². The summed E-state index contributed by atoms with van der Waals surface area (Å²) >= 11 is 0. The minimum atomic E-state index is -1.35. The van der Waals surface area contributed by atoms with Crippen LogP contribution in [0, 0.1) is 5.92 Å². The van der Waals surface area contributed by atoms with Crippen LogP contribution in [-0.2, 0) is 25.6 Å². The molecule has 11 heteroatoms. The number of nitrogens with one attached hydrogen (secondary N) is 3. The molecule has 0 aliphatic heterocycles. The minimum absolute atomic E-state index is 0.00165. The maximum Gasteiger partial charge on any atom is 0.322 e. The number of carbonyl (C=O) groups excluding carboxylic acids is 3. The fourth-order valence-corrected chi connectivity index (χ4v) is 2.71. The van der Waals surface area contributed by atoms with Crippen molar-refractivity contribution in [1.82, 2.24) is 16.0 Å². The first-order chi connectivity index (χ1) is 14.5. The average Bonchev–Trinajstić information content (AvgIpc) is 2.70. The molecule has 1 aromatic carbocycles. The highest BCUT2D eigenvalue weighted by atomic mass is 16.4. The monoisotopic (exact) mass is 438 g/mol. The number of hydrogen-bond acceptors (Lipinski definition) is 7. The SMILES string of the molecule is CC(C)CC(NC(=O)C(CO)NC(=O)C(N)Cc1ccc(O)cc1)C(=O)NCC(=O)O. The van der Waals surface area contributed by atoms with E-state index in [1.165, 1.54) is 12.1 Å². The molecular weight excluding hydrogens is 408 g/mol. The van der Waals surface area contributed by atoms with Crippen molar-refractivity contribution in [1.29, 1.82) is 0 Å². The molecule has 3 unspecified atom stereocenters. The first-order valence-corrected chi connectivity index (χ1v) is 9.78. The number of phenolic OH excluding ortho intramolecular Hbond substituents is 1.